The fourth-order valence-electron chi connectivity index (χ4n) is 4.20. The van der Waals surface area contributed by atoms with Crippen LogP contribution in [0.5, 0.6) is 0 Å². The number of unbranched alkanes of at least 4 members (excludes halogenated alkanes) is 14. The van der Waals surface area contributed by atoms with Crippen LogP contribution in [0.2, 0.25) is 0 Å². The number of rotatable bonds is 26. The SMILES string of the molecule is CCCCCCCCCCOCC(COCCCCCCCCCC)(CC(=O)O)CC(=O)O. The second-order valence-electron chi connectivity index (χ2n) is 9.70. The molecule has 0 aliphatic heterocycles. The van der Waals surface area contributed by atoms with Crippen LogP contribution in [0.4, 0.5) is 0 Å². The Hall–Kier alpha value is -1.14. The van der Waals surface area contributed by atoms with E-state index in [0.29, 0.717) is 13.2 Å². The van der Waals surface area contributed by atoms with Gasteiger partial charge >= 0.3 is 11.9 Å². The number of carbonyl (C=O) groups is 2. The zero-order valence-corrected chi connectivity index (χ0v) is 21.6. The lowest BCUT2D eigenvalue weighted by molar-refractivity contribution is -0.149. The van der Waals surface area contributed by atoms with Crippen molar-refractivity contribution in [1.82, 2.24) is 0 Å². The van der Waals surface area contributed by atoms with Crippen molar-refractivity contribution in [3.05, 3.63) is 0 Å². The van der Waals surface area contributed by atoms with Gasteiger partial charge in [0.15, 0.2) is 0 Å². The van der Waals surface area contributed by atoms with Crippen LogP contribution in [-0.2, 0) is 19.1 Å². The Labute approximate surface area is 202 Å². The van der Waals surface area contributed by atoms with Gasteiger partial charge in [0, 0.05) is 18.6 Å². The van der Waals surface area contributed by atoms with Gasteiger partial charge in [0.25, 0.3) is 0 Å². The minimum Gasteiger partial charge on any atom is -0.481 e. The number of hydrogen-bond acceptors (Lipinski definition) is 4. The smallest absolute Gasteiger partial charge is 0.304 e. The van der Waals surface area contributed by atoms with E-state index in [0.717, 1.165) is 25.7 Å². The van der Waals surface area contributed by atoms with Crippen molar-refractivity contribution in [3.63, 3.8) is 0 Å². The predicted molar refractivity (Wildman–Crippen MR) is 134 cm³/mol. The Kier molecular flexibility index (Phi) is 21.9. The molecule has 0 heterocycles. The summed E-state index contributed by atoms with van der Waals surface area (Å²) in [6.07, 6.45) is 18.7. The lowest BCUT2D eigenvalue weighted by atomic mass is 9.82. The molecule has 0 atom stereocenters. The van der Waals surface area contributed by atoms with E-state index in [1.807, 2.05) is 0 Å². The predicted octanol–water partition coefficient (Wildman–Crippen LogP) is 7.24. The summed E-state index contributed by atoms with van der Waals surface area (Å²) in [4.78, 5) is 22.9. The number of hydrogen-bond donors (Lipinski definition) is 2. The fourth-order valence-corrected chi connectivity index (χ4v) is 4.20. The van der Waals surface area contributed by atoms with Gasteiger partial charge in [-0.25, -0.2) is 0 Å². The Balaban J connectivity index is 4.24. The highest BCUT2D eigenvalue weighted by atomic mass is 16.5. The first-order valence-corrected chi connectivity index (χ1v) is 13.5. The summed E-state index contributed by atoms with van der Waals surface area (Å²) in [5.41, 5.74) is -1.02. The second kappa shape index (κ2) is 22.6. The highest BCUT2D eigenvalue weighted by Gasteiger charge is 2.36. The van der Waals surface area contributed by atoms with Crippen molar-refractivity contribution in [2.45, 2.75) is 129 Å². The maximum Gasteiger partial charge on any atom is 0.304 e. The minimum absolute atomic E-state index is 0.111. The molecule has 0 saturated carbocycles. The van der Waals surface area contributed by atoms with Gasteiger partial charge in [-0.15, -0.1) is 0 Å². The average molecular weight is 473 g/mol. The average Bonchev–Trinajstić information content (AvgIpc) is 2.75. The van der Waals surface area contributed by atoms with E-state index in [1.54, 1.807) is 0 Å². The molecule has 0 aromatic rings. The van der Waals surface area contributed by atoms with E-state index in [2.05, 4.69) is 13.8 Å². The van der Waals surface area contributed by atoms with Crippen molar-refractivity contribution in [3.8, 4) is 0 Å². The molecular formula is C27H52O6. The van der Waals surface area contributed by atoms with E-state index >= 15 is 0 Å². The molecule has 0 aliphatic carbocycles. The Morgan fingerprint density at radius 1 is 0.545 bits per heavy atom. The third-order valence-corrected chi connectivity index (χ3v) is 6.15. The maximum absolute atomic E-state index is 11.5. The summed E-state index contributed by atoms with van der Waals surface area (Å²) >= 11 is 0. The zero-order chi connectivity index (χ0) is 24.6. The van der Waals surface area contributed by atoms with Crippen molar-refractivity contribution in [1.29, 1.82) is 0 Å². The Morgan fingerprint density at radius 2 is 0.848 bits per heavy atom. The molecule has 2 N–H and O–H groups in total. The number of ether oxygens (including phenoxy) is 2. The molecule has 0 radical (unpaired) electrons. The minimum atomic E-state index is -1.02. The monoisotopic (exact) mass is 472 g/mol. The molecule has 0 rings (SSSR count). The van der Waals surface area contributed by atoms with Gasteiger partial charge in [-0.1, -0.05) is 104 Å². The lowest BCUT2D eigenvalue weighted by Crippen LogP contribution is -2.37. The molecule has 0 bridgehead atoms. The molecule has 0 saturated heterocycles. The molecule has 0 aliphatic rings. The molecule has 196 valence electrons. The van der Waals surface area contributed by atoms with Gasteiger partial charge in [-0.05, 0) is 12.8 Å². The van der Waals surface area contributed by atoms with Crippen LogP contribution in [0.1, 0.15) is 129 Å². The largest absolute Gasteiger partial charge is 0.481 e. The standard InChI is InChI=1S/C27H52O6/c1-3-5-7-9-11-13-15-17-19-32-23-27(21-25(28)29,22-26(30)31)24-33-20-18-16-14-12-10-8-6-4-2/h3-24H2,1-2H3,(H,28,29)(H,30,31). The number of carboxylic acids is 2. The van der Waals surface area contributed by atoms with E-state index in [-0.39, 0.29) is 26.1 Å². The normalized spacial score (nSPS) is 11.7. The summed E-state index contributed by atoms with van der Waals surface area (Å²) < 4.78 is 11.6. The topological polar surface area (TPSA) is 93.1 Å². The van der Waals surface area contributed by atoms with E-state index in [4.69, 9.17) is 9.47 Å². The van der Waals surface area contributed by atoms with E-state index < -0.39 is 17.4 Å². The number of carboxylic acid groups (broad SMARTS) is 2. The van der Waals surface area contributed by atoms with E-state index in [1.165, 1.54) is 77.0 Å². The van der Waals surface area contributed by atoms with Crippen molar-refractivity contribution >= 4 is 11.9 Å². The Morgan fingerprint density at radius 3 is 1.15 bits per heavy atom. The summed E-state index contributed by atoms with van der Waals surface area (Å²) in [6, 6.07) is 0. The van der Waals surface area contributed by atoms with Gasteiger partial charge in [-0.2, -0.15) is 0 Å². The zero-order valence-electron chi connectivity index (χ0n) is 21.6. The van der Waals surface area contributed by atoms with Crippen LogP contribution < -0.4 is 0 Å². The van der Waals surface area contributed by atoms with Crippen molar-refractivity contribution in [2.24, 2.45) is 5.41 Å². The first-order valence-electron chi connectivity index (χ1n) is 13.5. The van der Waals surface area contributed by atoms with Gasteiger partial charge in [0.2, 0.25) is 0 Å². The first-order chi connectivity index (χ1) is 16.0. The van der Waals surface area contributed by atoms with Gasteiger partial charge in [0.1, 0.15) is 0 Å². The Bertz CT molecular complexity index is 424. The van der Waals surface area contributed by atoms with Crippen LogP contribution in [0.15, 0.2) is 0 Å². The molecule has 0 unspecified atom stereocenters. The lowest BCUT2D eigenvalue weighted by Gasteiger charge is -2.30. The molecule has 33 heavy (non-hydrogen) atoms. The van der Waals surface area contributed by atoms with Crippen LogP contribution in [-0.4, -0.2) is 48.6 Å². The molecule has 0 aromatic heterocycles. The van der Waals surface area contributed by atoms with Crippen LogP contribution in [0, 0.1) is 5.41 Å². The van der Waals surface area contributed by atoms with Crippen LogP contribution in [0.3, 0.4) is 0 Å². The molecule has 6 heteroatoms. The maximum atomic E-state index is 11.5. The van der Waals surface area contributed by atoms with Gasteiger partial charge in [-0.3, -0.25) is 9.59 Å². The van der Waals surface area contributed by atoms with Gasteiger partial charge in [0.05, 0.1) is 26.1 Å². The van der Waals surface area contributed by atoms with E-state index in [9.17, 15) is 19.8 Å². The molecular weight excluding hydrogens is 420 g/mol. The molecule has 0 amide bonds. The van der Waals surface area contributed by atoms with Crippen LogP contribution in [0.25, 0.3) is 0 Å². The van der Waals surface area contributed by atoms with Crippen LogP contribution >= 0.6 is 0 Å². The quantitative estimate of drug-likeness (QED) is 0.129. The molecule has 0 fully saturated rings. The first kappa shape index (κ1) is 31.9. The molecule has 6 nitrogen and oxygen atoms in total. The summed E-state index contributed by atoms with van der Waals surface area (Å²) in [7, 11) is 0. The highest BCUT2D eigenvalue weighted by molar-refractivity contribution is 5.72. The summed E-state index contributed by atoms with van der Waals surface area (Å²) in [5, 5.41) is 18.8. The second-order valence-corrected chi connectivity index (χ2v) is 9.70. The highest BCUT2D eigenvalue weighted by Crippen LogP contribution is 2.29. The third-order valence-electron chi connectivity index (χ3n) is 6.15. The third kappa shape index (κ3) is 21.2. The van der Waals surface area contributed by atoms with Crippen molar-refractivity contribution in [2.75, 3.05) is 26.4 Å². The number of aliphatic carboxylic acids is 2. The van der Waals surface area contributed by atoms with Crippen molar-refractivity contribution < 1.29 is 29.3 Å². The summed E-state index contributed by atoms with van der Waals surface area (Å²) in [5.74, 6) is -2.02. The molecule has 0 aromatic carbocycles. The summed E-state index contributed by atoms with van der Waals surface area (Å²) in [6.45, 7) is 5.72. The van der Waals surface area contributed by atoms with Gasteiger partial charge < -0.3 is 19.7 Å². The fraction of sp³-hybridized carbons (Fsp3) is 0.926. The molecule has 0 spiro atoms.